The van der Waals surface area contributed by atoms with E-state index >= 15 is 0 Å². The maximum atomic E-state index is 13.7. The summed E-state index contributed by atoms with van der Waals surface area (Å²) in [4.78, 5) is 9.26. The second-order valence-electron chi connectivity index (χ2n) is 8.51. The molecule has 0 unspecified atom stereocenters. The zero-order valence-corrected chi connectivity index (χ0v) is 17.8. The first-order valence-electron chi connectivity index (χ1n) is 10.2. The van der Waals surface area contributed by atoms with Crippen LogP contribution in [-0.4, -0.2) is 28.7 Å². The van der Waals surface area contributed by atoms with Crippen molar-refractivity contribution in [2.24, 2.45) is 0 Å². The highest BCUT2D eigenvalue weighted by atomic mass is 19.4. The molecule has 30 heavy (non-hydrogen) atoms. The molecule has 0 bridgehead atoms. The van der Waals surface area contributed by atoms with Crippen LogP contribution in [0.15, 0.2) is 30.5 Å². The standard InChI is InChI=1S/C22H28F3N3O2/c1-21(2,3)30-20-26-14-16(22(23,24)25)19(27-20)28(4)17-12-8-9-13-18(17)29-15-10-6-5-7-11-15/h8-9,12-15H,5-7,10-11H2,1-4H3. The minimum Gasteiger partial charge on any atom is -0.488 e. The minimum atomic E-state index is -4.61. The van der Waals surface area contributed by atoms with E-state index < -0.39 is 17.3 Å². The van der Waals surface area contributed by atoms with Crippen LogP contribution in [0, 0.1) is 0 Å². The molecule has 0 atom stereocenters. The van der Waals surface area contributed by atoms with Crippen LogP contribution in [0.5, 0.6) is 11.8 Å². The topological polar surface area (TPSA) is 47.5 Å². The Morgan fingerprint density at radius 2 is 1.70 bits per heavy atom. The van der Waals surface area contributed by atoms with E-state index in [4.69, 9.17) is 9.47 Å². The number of para-hydroxylation sites is 2. The van der Waals surface area contributed by atoms with Gasteiger partial charge in [-0.2, -0.15) is 18.2 Å². The van der Waals surface area contributed by atoms with Gasteiger partial charge in [0.1, 0.15) is 16.9 Å². The fourth-order valence-electron chi connectivity index (χ4n) is 3.45. The molecule has 0 aliphatic heterocycles. The van der Waals surface area contributed by atoms with Crippen molar-refractivity contribution in [2.75, 3.05) is 11.9 Å². The number of halogens is 3. The summed E-state index contributed by atoms with van der Waals surface area (Å²) < 4.78 is 52.8. The smallest absolute Gasteiger partial charge is 0.421 e. The lowest BCUT2D eigenvalue weighted by Crippen LogP contribution is -2.26. The third kappa shape index (κ3) is 5.55. The van der Waals surface area contributed by atoms with Crippen LogP contribution in [0.1, 0.15) is 58.4 Å². The van der Waals surface area contributed by atoms with E-state index in [2.05, 4.69) is 9.97 Å². The van der Waals surface area contributed by atoms with Crippen LogP contribution in [0.2, 0.25) is 0 Å². The molecular formula is C22H28F3N3O2. The molecule has 5 nitrogen and oxygen atoms in total. The normalized spacial score (nSPS) is 15.7. The summed E-state index contributed by atoms with van der Waals surface area (Å²) in [7, 11) is 1.54. The van der Waals surface area contributed by atoms with E-state index in [1.54, 1.807) is 46.0 Å². The average molecular weight is 423 g/mol. The monoisotopic (exact) mass is 423 g/mol. The van der Waals surface area contributed by atoms with Crippen LogP contribution in [0.3, 0.4) is 0 Å². The number of aromatic nitrogens is 2. The summed E-state index contributed by atoms with van der Waals surface area (Å²) in [6, 6.07) is 6.98. The van der Waals surface area contributed by atoms with Gasteiger partial charge in [0, 0.05) is 13.2 Å². The van der Waals surface area contributed by atoms with Crippen molar-refractivity contribution < 1.29 is 22.6 Å². The van der Waals surface area contributed by atoms with E-state index in [-0.39, 0.29) is 17.9 Å². The predicted molar refractivity (Wildman–Crippen MR) is 109 cm³/mol. The summed E-state index contributed by atoms with van der Waals surface area (Å²) in [5.41, 5.74) is -1.06. The fraction of sp³-hybridized carbons (Fsp3) is 0.545. The number of rotatable bonds is 5. The van der Waals surface area contributed by atoms with Gasteiger partial charge >= 0.3 is 12.2 Å². The molecule has 2 aromatic rings. The lowest BCUT2D eigenvalue weighted by molar-refractivity contribution is -0.137. The fourth-order valence-corrected chi connectivity index (χ4v) is 3.45. The highest BCUT2D eigenvalue weighted by Crippen LogP contribution is 2.41. The van der Waals surface area contributed by atoms with Crippen molar-refractivity contribution in [1.29, 1.82) is 0 Å². The molecule has 0 amide bonds. The van der Waals surface area contributed by atoms with Gasteiger partial charge < -0.3 is 14.4 Å². The van der Waals surface area contributed by atoms with Crippen molar-refractivity contribution in [2.45, 2.75) is 70.8 Å². The van der Waals surface area contributed by atoms with Gasteiger partial charge in [-0.25, -0.2) is 4.98 Å². The highest BCUT2D eigenvalue weighted by molar-refractivity contribution is 5.68. The Hall–Kier alpha value is -2.51. The lowest BCUT2D eigenvalue weighted by atomic mass is 9.98. The van der Waals surface area contributed by atoms with Crippen molar-refractivity contribution in [3.05, 3.63) is 36.0 Å². The molecule has 0 saturated heterocycles. The number of alkyl halides is 3. The van der Waals surface area contributed by atoms with Gasteiger partial charge in [-0.3, -0.25) is 0 Å². The number of benzene rings is 1. The highest BCUT2D eigenvalue weighted by Gasteiger charge is 2.37. The average Bonchev–Trinajstić information content (AvgIpc) is 2.66. The lowest BCUT2D eigenvalue weighted by Gasteiger charge is -2.28. The molecule has 0 spiro atoms. The Kier molecular flexibility index (Phi) is 6.43. The largest absolute Gasteiger partial charge is 0.488 e. The van der Waals surface area contributed by atoms with Gasteiger partial charge in [-0.15, -0.1) is 0 Å². The summed E-state index contributed by atoms with van der Waals surface area (Å²) in [6.07, 6.45) is 1.51. The van der Waals surface area contributed by atoms with E-state index in [0.29, 0.717) is 11.4 Å². The number of anilines is 2. The zero-order chi connectivity index (χ0) is 21.9. The molecule has 1 aliphatic carbocycles. The Bertz CT molecular complexity index is 859. The molecule has 8 heteroatoms. The van der Waals surface area contributed by atoms with Crippen molar-refractivity contribution >= 4 is 11.5 Å². The van der Waals surface area contributed by atoms with Crippen molar-refractivity contribution in [1.82, 2.24) is 9.97 Å². The molecule has 1 heterocycles. The molecule has 1 aromatic heterocycles. The van der Waals surface area contributed by atoms with Crippen LogP contribution in [-0.2, 0) is 6.18 Å². The van der Waals surface area contributed by atoms with Gasteiger partial charge in [-0.05, 0) is 58.6 Å². The predicted octanol–water partition coefficient (Wildman–Crippen LogP) is 6.15. The number of nitrogens with zero attached hydrogens (tertiary/aromatic N) is 3. The Balaban J connectivity index is 1.99. The summed E-state index contributed by atoms with van der Waals surface area (Å²) in [5, 5.41) is 0. The quantitative estimate of drug-likeness (QED) is 0.577. The van der Waals surface area contributed by atoms with E-state index in [1.165, 1.54) is 11.3 Å². The summed E-state index contributed by atoms with van der Waals surface area (Å²) in [6.45, 7) is 5.35. The second kappa shape index (κ2) is 8.70. The number of hydrogen-bond donors (Lipinski definition) is 0. The van der Waals surface area contributed by atoms with Crippen LogP contribution < -0.4 is 14.4 Å². The minimum absolute atomic E-state index is 0.0700. The molecule has 1 aliphatic rings. The first-order valence-corrected chi connectivity index (χ1v) is 10.2. The van der Waals surface area contributed by atoms with Crippen molar-refractivity contribution in [3.8, 4) is 11.8 Å². The first kappa shape index (κ1) is 22.2. The number of ether oxygens (including phenoxy) is 2. The second-order valence-corrected chi connectivity index (χ2v) is 8.51. The van der Waals surface area contributed by atoms with E-state index in [1.807, 2.05) is 6.07 Å². The maximum Gasteiger partial charge on any atom is 0.421 e. The van der Waals surface area contributed by atoms with E-state index in [9.17, 15) is 13.2 Å². The first-order chi connectivity index (χ1) is 14.0. The van der Waals surface area contributed by atoms with Gasteiger partial charge in [0.05, 0.1) is 11.8 Å². The van der Waals surface area contributed by atoms with Gasteiger partial charge in [0.15, 0.2) is 5.82 Å². The zero-order valence-electron chi connectivity index (χ0n) is 17.8. The molecule has 3 rings (SSSR count). The van der Waals surface area contributed by atoms with Gasteiger partial charge in [-0.1, -0.05) is 18.6 Å². The van der Waals surface area contributed by atoms with Crippen LogP contribution >= 0.6 is 0 Å². The van der Waals surface area contributed by atoms with Crippen LogP contribution in [0.4, 0.5) is 24.7 Å². The Labute approximate surface area is 175 Å². The van der Waals surface area contributed by atoms with Gasteiger partial charge in [0.2, 0.25) is 0 Å². The molecular weight excluding hydrogens is 395 g/mol. The third-order valence-electron chi connectivity index (χ3n) is 4.84. The Morgan fingerprint density at radius 3 is 2.33 bits per heavy atom. The summed E-state index contributed by atoms with van der Waals surface area (Å²) in [5.74, 6) is 0.258. The van der Waals surface area contributed by atoms with E-state index in [0.717, 1.165) is 31.9 Å². The Morgan fingerprint density at radius 1 is 1.03 bits per heavy atom. The molecule has 1 saturated carbocycles. The maximum absolute atomic E-state index is 13.7. The molecule has 164 valence electrons. The summed E-state index contributed by atoms with van der Waals surface area (Å²) >= 11 is 0. The number of hydrogen-bond acceptors (Lipinski definition) is 5. The SMILES string of the molecule is CN(c1ccccc1OC1CCCCC1)c1nc(OC(C)(C)C)ncc1C(F)(F)F. The molecule has 1 fully saturated rings. The molecule has 1 aromatic carbocycles. The molecule has 0 radical (unpaired) electrons. The third-order valence-corrected chi connectivity index (χ3v) is 4.84. The van der Waals surface area contributed by atoms with Gasteiger partial charge in [0.25, 0.3) is 0 Å². The van der Waals surface area contributed by atoms with Crippen LogP contribution in [0.25, 0.3) is 0 Å². The van der Waals surface area contributed by atoms with Crippen molar-refractivity contribution in [3.63, 3.8) is 0 Å². The molecule has 0 N–H and O–H groups in total.